The number of ether oxygens (including phenoxy) is 1. The van der Waals surface area contributed by atoms with Crippen LogP contribution in [0.5, 0.6) is 5.75 Å². The molecule has 1 aliphatic rings. The normalized spacial score (nSPS) is 19.4. The number of methoxy groups -OCH3 is 1. The number of aliphatic carboxylic acids is 1. The van der Waals surface area contributed by atoms with Crippen LogP contribution in [0.15, 0.2) is 11.1 Å². The molecule has 1 aliphatic heterocycles. The molecule has 0 spiro atoms. The van der Waals surface area contributed by atoms with Crippen LogP contribution in [0.3, 0.4) is 0 Å². The first-order valence-electron chi connectivity index (χ1n) is 6.98. The van der Waals surface area contributed by atoms with Crippen molar-refractivity contribution in [2.45, 2.75) is 26.7 Å². The Morgan fingerprint density at radius 1 is 1.57 bits per heavy atom. The van der Waals surface area contributed by atoms with Crippen LogP contribution in [-0.4, -0.2) is 41.2 Å². The van der Waals surface area contributed by atoms with E-state index in [2.05, 4.69) is 9.97 Å². The van der Waals surface area contributed by atoms with Gasteiger partial charge in [-0.15, -0.1) is 0 Å². The lowest BCUT2D eigenvalue weighted by atomic mass is 9.74. The van der Waals surface area contributed by atoms with E-state index in [0.29, 0.717) is 12.4 Å². The number of carbonyl (C=O) groups is 1. The first-order valence-corrected chi connectivity index (χ1v) is 6.98. The molecule has 0 aliphatic carbocycles. The summed E-state index contributed by atoms with van der Waals surface area (Å²) in [5.74, 6) is -0.159. The molecule has 7 nitrogen and oxygen atoms in total. The van der Waals surface area contributed by atoms with E-state index >= 15 is 0 Å². The predicted octanol–water partition coefficient (Wildman–Crippen LogP) is 1.11. The van der Waals surface area contributed by atoms with E-state index in [0.717, 1.165) is 19.4 Å². The van der Waals surface area contributed by atoms with Gasteiger partial charge >= 0.3 is 5.97 Å². The molecule has 1 aromatic rings. The third-order valence-corrected chi connectivity index (χ3v) is 4.29. The zero-order chi connectivity index (χ0) is 15.6. The van der Waals surface area contributed by atoms with Gasteiger partial charge in [0.15, 0.2) is 5.82 Å². The highest BCUT2D eigenvalue weighted by molar-refractivity contribution is 5.74. The van der Waals surface area contributed by atoms with Gasteiger partial charge in [0.25, 0.3) is 5.56 Å². The molecule has 0 aromatic carbocycles. The number of nitrogens with one attached hydrogen (secondary N) is 1. The Hall–Kier alpha value is -2.05. The second-order valence-electron chi connectivity index (χ2n) is 5.90. The summed E-state index contributed by atoms with van der Waals surface area (Å²) in [6.45, 7) is 4.77. The topological polar surface area (TPSA) is 95.5 Å². The Labute approximate surface area is 123 Å². The number of anilines is 1. The van der Waals surface area contributed by atoms with Crippen molar-refractivity contribution in [1.82, 2.24) is 9.97 Å². The number of rotatable bonds is 4. The lowest BCUT2D eigenvalue weighted by Gasteiger charge is -2.39. The van der Waals surface area contributed by atoms with Crippen molar-refractivity contribution in [2.75, 3.05) is 25.1 Å². The fourth-order valence-electron chi connectivity index (χ4n) is 2.72. The molecule has 2 rings (SSSR count). The second-order valence-corrected chi connectivity index (χ2v) is 5.90. The molecule has 1 aromatic heterocycles. The molecule has 7 heteroatoms. The van der Waals surface area contributed by atoms with Crippen molar-refractivity contribution in [3.63, 3.8) is 0 Å². The Morgan fingerprint density at radius 2 is 2.29 bits per heavy atom. The number of hydrogen-bond acceptors (Lipinski definition) is 5. The molecule has 1 fully saturated rings. The Morgan fingerprint density at radius 3 is 2.90 bits per heavy atom. The third kappa shape index (κ3) is 2.86. The average Bonchev–Trinajstić information content (AvgIpc) is 2.47. The number of piperidine rings is 1. The summed E-state index contributed by atoms with van der Waals surface area (Å²) < 4.78 is 5.13. The first-order chi connectivity index (χ1) is 9.87. The molecule has 0 bridgehead atoms. The number of hydrogen-bond donors (Lipinski definition) is 2. The standard InChI is InChI=1S/C14H21N3O4/c1-14(2,13(19)20)9-5-4-6-17(7-9)11-10(21-3)12(18)16-8-15-11/h8-9H,4-7H2,1-3H3,(H,19,20)(H,15,16,18). The Kier molecular flexibility index (Phi) is 4.20. The van der Waals surface area contributed by atoms with Gasteiger partial charge in [-0.1, -0.05) is 0 Å². The number of nitrogens with zero attached hydrogens (tertiary/aromatic N) is 2. The van der Waals surface area contributed by atoms with Crippen molar-refractivity contribution < 1.29 is 14.6 Å². The number of aromatic amines is 1. The summed E-state index contributed by atoms with van der Waals surface area (Å²) in [5.41, 5.74) is -1.14. The van der Waals surface area contributed by atoms with Crippen LogP contribution in [-0.2, 0) is 4.79 Å². The highest BCUT2D eigenvalue weighted by Crippen LogP contribution is 2.36. The SMILES string of the molecule is COc1c(N2CCCC(C(C)(C)C(=O)O)C2)nc[nH]c1=O. The second kappa shape index (κ2) is 5.75. The van der Waals surface area contributed by atoms with Gasteiger partial charge in [0, 0.05) is 13.1 Å². The summed E-state index contributed by atoms with van der Waals surface area (Å²) >= 11 is 0. The molecule has 1 saturated heterocycles. The molecule has 0 amide bonds. The van der Waals surface area contributed by atoms with Gasteiger partial charge in [-0.25, -0.2) is 4.98 Å². The van der Waals surface area contributed by atoms with Crippen molar-refractivity contribution in [3.8, 4) is 5.75 Å². The average molecular weight is 295 g/mol. The van der Waals surface area contributed by atoms with E-state index in [9.17, 15) is 14.7 Å². The van der Waals surface area contributed by atoms with E-state index in [-0.39, 0.29) is 17.2 Å². The zero-order valence-corrected chi connectivity index (χ0v) is 12.5. The fourth-order valence-corrected chi connectivity index (χ4v) is 2.72. The number of carboxylic acid groups (broad SMARTS) is 1. The van der Waals surface area contributed by atoms with Gasteiger partial charge in [0.05, 0.1) is 18.9 Å². The highest BCUT2D eigenvalue weighted by Gasteiger charge is 2.39. The van der Waals surface area contributed by atoms with Gasteiger partial charge in [0.1, 0.15) is 0 Å². The molecule has 2 N–H and O–H groups in total. The first kappa shape index (κ1) is 15.3. The number of aromatic nitrogens is 2. The lowest BCUT2D eigenvalue weighted by Crippen LogP contribution is -2.45. The monoisotopic (exact) mass is 295 g/mol. The minimum Gasteiger partial charge on any atom is -0.489 e. The van der Waals surface area contributed by atoms with Crippen LogP contribution in [0.25, 0.3) is 0 Å². The fraction of sp³-hybridized carbons (Fsp3) is 0.643. The largest absolute Gasteiger partial charge is 0.489 e. The van der Waals surface area contributed by atoms with Crippen LogP contribution < -0.4 is 15.2 Å². The molecular formula is C14H21N3O4. The zero-order valence-electron chi connectivity index (χ0n) is 12.5. The molecule has 1 atom stereocenters. The lowest BCUT2D eigenvalue weighted by molar-refractivity contribution is -0.150. The van der Waals surface area contributed by atoms with Crippen molar-refractivity contribution in [2.24, 2.45) is 11.3 Å². The van der Waals surface area contributed by atoms with Gasteiger partial charge in [0.2, 0.25) is 5.75 Å². The van der Waals surface area contributed by atoms with Crippen LogP contribution in [0.4, 0.5) is 5.82 Å². The van der Waals surface area contributed by atoms with E-state index in [1.165, 1.54) is 13.4 Å². The van der Waals surface area contributed by atoms with E-state index in [1.807, 2.05) is 4.90 Å². The summed E-state index contributed by atoms with van der Waals surface area (Å²) in [7, 11) is 1.43. The Bertz CT molecular complexity index is 582. The van der Waals surface area contributed by atoms with Gasteiger partial charge in [-0.2, -0.15) is 0 Å². The number of H-pyrrole nitrogens is 1. The molecule has 116 valence electrons. The predicted molar refractivity (Wildman–Crippen MR) is 77.8 cm³/mol. The van der Waals surface area contributed by atoms with Crippen LogP contribution in [0, 0.1) is 11.3 Å². The molecule has 21 heavy (non-hydrogen) atoms. The van der Waals surface area contributed by atoms with Crippen molar-refractivity contribution >= 4 is 11.8 Å². The van der Waals surface area contributed by atoms with E-state index in [4.69, 9.17) is 4.74 Å². The minimum atomic E-state index is -0.812. The summed E-state index contributed by atoms with van der Waals surface area (Å²) in [6, 6.07) is 0. The molecule has 0 saturated carbocycles. The van der Waals surface area contributed by atoms with Gasteiger partial charge < -0.3 is 19.7 Å². The van der Waals surface area contributed by atoms with Crippen LogP contribution in [0.1, 0.15) is 26.7 Å². The van der Waals surface area contributed by atoms with Gasteiger partial charge in [-0.3, -0.25) is 9.59 Å². The number of carboxylic acids is 1. The maximum absolute atomic E-state index is 11.8. The Balaban J connectivity index is 2.29. The van der Waals surface area contributed by atoms with E-state index < -0.39 is 11.4 Å². The molecule has 1 unspecified atom stereocenters. The van der Waals surface area contributed by atoms with Crippen molar-refractivity contribution in [1.29, 1.82) is 0 Å². The van der Waals surface area contributed by atoms with Crippen LogP contribution >= 0.6 is 0 Å². The maximum Gasteiger partial charge on any atom is 0.309 e. The molecule has 2 heterocycles. The smallest absolute Gasteiger partial charge is 0.309 e. The van der Waals surface area contributed by atoms with Gasteiger partial charge in [-0.05, 0) is 32.6 Å². The summed E-state index contributed by atoms with van der Waals surface area (Å²) in [4.78, 5) is 31.8. The van der Waals surface area contributed by atoms with Crippen LogP contribution in [0.2, 0.25) is 0 Å². The van der Waals surface area contributed by atoms with Crippen molar-refractivity contribution in [3.05, 3.63) is 16.7 Å². The quantitative estimate of drug-likeness (QED) is 0.863. The van der Waals surface area contributed by atoms with E-state index in [1.54, 1.807) is 13.8 Å². The highest BCUT2D eigenvalue weighted by atomic mass is 16.5. The third-order valence-electron chi connectivity index (χ3n) is 4.29. The summed E-state index contributed by atoms with van der Waals surface area (Å²) in [5, 5.41) is 9.38. The molecular weight excluding hydrogens is 274 g/mol. The minimum absolute atomic E-state index is 0.00505. The molecule has 0 radical (unpaired) electrons. The maximum atomic E-state index is 11.8. The summed E-state index contributed by atoms with van der Waals surface area (Å²) in [6.07, 6.45) is 3.05.